The Morgan fingerprint density at radius 2 is 1.78 bits per heavy atom. The van der Waals surface area contributed by atoms with Crippen LogP contribution in [-0.2, 0) is 4.74 Å². The Morgan fingerprint density at radius 1 is 1.22 bits per heavy atom. The van der Waals surface area contributed by atoms with Crippen molar-refractivity contribution in [3.8, 4) is 0 Å². The predicted octanol–water partition coefficient (Wildman–Crippen LogP) is 2.32. The van der Waals surface area contributed by atoms with E-state index in [-0.39, 0.29) is 0 Å². The minimum Gasteiger partial charge on any atom is -0.381 e. The van der Waals surface area contributed by atoms with Gasteiger partial charge in [0.25, 0.3) is 0 Å². The van der Waals surface area contributed by atoms with E-state index in [0.717, 1.165) is 19.1 Å². The second-order valence-corrected chi connectivity index (χ2v) is 2.88. The summed E-state index contributed by atoms with van der Waals surface area (Å²) in [6.45, 7) is 10.5. The minimum absolute atomic E-state index is 0.699. The second kappa shape index (κ2) is 4.80. The maximum Gasteiger partial charge on any atom is 0.0493 e. The summed E-state index contributed by atoms with van der Waals surface area (Å²) < 4.78 is 5.26. The van der Waals surface area contributed by atoms with Crippen molar-refractivity contribution in [2.24, 2.45) is 11.8 Å². The van der Waals surface area contributed by atoms with Crippen LogP contribution in [0.15, 0.2) is 0 Å². The Hall–Kier alpha value is -0.0400. The maximum atomic E-state index is 5.26. The molecule has 0 saturated heterocycles. The molecule has 0 aromatic rings. The molecule has 0 aliphatic rings. The standard InChI is InChI=1S/C8H18O/c1-5-9-6-8(4)7(2)3/h7-8H,5-6H2,1-4H3/t8-/m1/s1. The van der Waals surface area contributed by atoms with Gasteiger partial charge in [0.2, 0.25) is 0 Å². The van der Waals surface area contributed by atoms with Gasteiger partial charge in [-0.25, -0.2) is 0 Å². The fourth-order valence-corrected chi connectivity index (χ4v) is 0.496. The lowest BCUT2D eigenvalue weighted by molar-refractivity contribution is 0.0999. The van der Waals surface area contributed by atoms with Crippen molar-refractivity contribution in [2.75, 3.05) is 13.2 Å². The van der Waals surface area contributed by atoms with E-state index in [2.05, 4.69) is 20.8 Å². The quantitative estimate of drug-likeness (QED) is 0.567. The lowest BCUT2D eigenvalue weighted by Gasteiger charge is -2.14. The van der Waals surface area contributed by atoms with Crippen LogP contribution in [0.25, 0.3) is 0 Å². The van der Waals surface area contributed by atoms with Crippen molar-refractivity contribution in [2.45, 2.75) is 27.7 Å². The zero-order valence-electron chi connectivity index (χ0n) is 6.98. The highest BCUT2D eigenvalue weighted by atomic mass is 16.5. The van der Waals surface area contributed by atoms with Gasteiger partial charge in [-0.3, -0.25) is 0 Å². The van der Waals surface area contributed by atoms with E-state index >= 15 is 0 Å². The third-order valence-corrected chi connectivity index (χ3v) is 1.72. The molecule has 0 radical (unpaired) electrons. The highest BCUT2D eigenvalue weighted by molar-refractivity contribution is 4.54. The molecule has 56 valence electrons. The number of rotatable bonds is 4. The summed E-state index contributed by atoms with van der Waals surface area (Å²) in [4.78, 5) is 0. The van der Waals surface area contributed by atoms with E-state index in [1.54, 1.807) is 0 Å². The Labute approximate surface area is 58.4 Å². The second-order valence-electron chi connectivity index (χ2n) is 2.88. The van der Waals surface area contributed by atoms with Crippen molar-refractivity contribution < 1.29 is 4.74 Å². The van der Waals surface area contributed by atoms with Gasteiger partial charge in [0.05, 0.1) is 0 Å². The fraction of sp³-hybridized carbons (Fsp3) is 1.00. The van der Waals surface area contributed by atoms with Gasteiger partial charge in [-0.2, -0.15) is 0 Å². The van der Waals surface area contributed by atoms with Crippen LogP contribution < -0.4 is 0 Å². The van der Waals surface area contributed by atoms with Gasteiger partial charge in [0, 0.05) is 13.2 Å². The van der Waals surface area contributed by atoms with E-state index in [1.165, 1.54) is 0 Å². The van der Waals surface area contributed by atoms with E-state index in [9.17, 15) is 0 Å². The van der Waals surface area contributed by atoms with Gasteiger partial charge in [0.15, 0.2) is 0 Å². The van der Waals surface area contributed by atoms with E-state index in [0.29, 0.717) is 5.92 Å². The molecule has 0 aliphatic heterocycles. The first kappa shape index (κ1) is 8.96. The summed E-state index contributed by atoms with van der Waals surface area (Å²) in [5.74, 6) is 1.45. The van der Waals surface area contributed by atoms with Crippen LogP contribution in [-0.4, -0.2) is 13.2 Å². The predicted molar refractivity (Wildman–Crippen MR) is 40.5 cm³/mol. The first-order chi connectivity index (χ1) is 4.18. The molecular weight excluding hydrogens is 112 g/mol. The average molecular weight is 130 g/mol. The molecule has 1 atom stereocenters. The van der Waals surface area contributed by atoms with Crippen molar-refractivity contribution in [3.63, 3.8) is 0 Å². The minimum atomic E-state index is 0.699. The van der Waals surface area contributed by atoms with Crippen LogP contribution in [0.2, 0.25) is 0 Å². The van der Waals surface area contributed by atoms with Crippen LogP contribution >= 0.6 is 0 Å². The van der Waals surface area contributed by atoms with Crippen LogP contribution in [0.1, 0.15) is 27.7 Å². The zero-order chi connectivity index (χ0) is 7.28. The lowest BCUT2D eigenvalue weighted by Crippen LogP contribution is -2.11. The van der Waals surface area contributed by atoms with Gasteiger partial charge in [-0.15, -0.1) is 0 Å². The van der Waals surface area contributed by atoms with Gasteiger partial charge in [0.1, 0.15) is 0 Å². The third-order valence-electron chi connectivity index (χ3n) is 1.72. The molecule has 0 amide bonds. The monoisotopic (exact) mass is 130 g/mol. The molecule has 0 fully saturated rings. The first-order valence-electron chi connectivity index (χ1n) is 3.76. The molecule has 1 nitrogen and oxygen atoms in total. The highest BCUT2D eigenvalue weighted by Crippen LogP contribution is 2.08. The molecule has 0 spiro atoms. The van der Waals surface area contributed by atoms with Crippen LogP contribution in [0.5, 0.6) is 0 Å². The Bertz CT molecular complexity index is 59.6. The number of hydrogen-bond donors (Lipinski definition) is 0. The molecule has 0 aromatic heterocycles. The summed E-state index contributed by atoms with van der Waals surface area (Å²) in [6, 6.07) is 0. The van der Waals surface area contributed by atoms with Crippen molar-refractivity contribution in [3.05, 3.63) is 0 Å². The van der Waals surface area contributed by atoms with Gasteiger partial charge >= 0.3 is 0 Å². The molecule has 0 heterocycles. The molecule has 0 N–H and O–H groups in total. The molecule has 0 unspecified atom stereocenters. The Balaban J connectivity index is 3.16. The van der Waals surface area contributed by atoms with Gasteiger partial charge in [-0.1, -0.05) is 20.8 Å². The summed E-state index contributed by atoms with van der Waals surface area (Å²) >= 11 is 0. The number of ether oxygens (including phenoxy) is 1. The molecule has 1 heteroatoms. The van der Waals surface area contributed by atoms with Gasteiger partial charge < -0.3 is 4.74 Å². The molecule has 0 aromatic carbocycles. The Kier molecular flexibility index (Phi) is 4.78. The normalized spacial score (nSPS) is 14.3. The molecule has 9 heavy (non-hydrogen) atoms. The van der Waals surface area contributed by atoms with Crippen LogP contribution in [0.3, 0.4) is 0 Å². The first-order valence-corrected chi connectivity index (χ1v) is 3.76. The van der Waals surface area contributed by atoms with Crippen molar-refractivity contribution in [1.82, 2.24) is 0 Å². The lowest BCUT2D eigenvalue weighted by atomic mass is 9.99. The van der Waals surface area contributed by atoms with E-state index in [4.69, 9.17) is 4.74 Å². The topological polar surface area (TPSA) is 9.23 Å². The molecule has 0 rings (SSSR count). The average Bonchev–Trinajstić information content (AvgIpc) is 1.82. The fourth-order valence-electron chi connectivity index (χ4n) is 0.496. The summed E-state index contributed by atoms with van der Waals surface area (Å²) in [5, 5.41) is 0. The molecule has 0 saturated carbocycles. The summed E-state index contributed by atoms with van der Waals surface area (Å²) in [5.41, 5.74) is 0. The Morgan fingerprint density at radius 3 is 2.11 bits per heavy atom. The van der Waals surface area contributed by atoms with Crippen LogP contribution in [0, 0.1) is 11.8 Å². The maximum absolute atomic E-state index is 5.26. The largest absolute Gasteiger partial charge is 0.381 e. The molecule has 0 bridgehead atoms. The summed E-state index contributed by atoms with van der Waals surface area (Å²) in [7, 11) is 0. The number of hydrogen-bond acceptors (Lipinski definition) is 1. The smallest absolute Gasteiger partial charge is 0.0493 e. The van der Waals surface area contributed by atoms with Crippen LogP contribution in [0.4, 0.5) is 0 Å². The highest BCUT2D eigenvalue weighted by Gasteiger charge is 2.05. The van der Waals surface area contributed by atoms with E-state index in [1.807, 2.05) is 6.92 Å². The van der Waals surface area contributed by atoms with Crippen molar-refractivity contribution in [1.29, 1.82) is 0 Å². The van der Waals surface area contributed by atoms with Gasteiger partial charge in [-0.05, 0) is 18.8 Å². The summed E-state index contributed by atoms with van der Waals surface area (Å²) in [6.07, 6.45) is 0. The van der Waals surface area contributed by atoms with Crippen molar-refractivity contribution >= 4 is 0 Å². The van der Waals surface area contributed by atoms with E-state index < -0.39 is 0 Å². The zero-order valence-corrected chi connectivity index (χ0v) is 6.98. The SMILES string of the molecule is CCOC[C@@H](C)C(C)C. The third kappa shape index (κ3) is 4.46. The molecule has 0 aliphatic carbocycles. The molecular formula is C8H18O.